The predicted octanol–water partition coefficient (Wildman–Crippen LogP) is 0.760. The number of hydrogen-bond donors (Lipinski definition) is 1. The van der Waals surface area contributed by atoms with E-state index in [9.17, 15) is 9.59 Å². The Morgan fingerprint density at radius 2 is 1.89 bits per heavy atom. The van der Waals surface area contributed by atoms with Crippen molar-refractivity contribution in [2.45, 2.75) is 32.7 Å². The minimum absolute atomic E-state index is 0.00172. The molecule has 0 aliphatic carbocycles. The SMILES string of the molecule is CC(C)(C)NC(=O)OCCC(=O)N1CCOCC1. The van der Waals surface area contributed by atoms with Gasteiger partial charge in [0, 0.05) is 18.6 Å². The van der Waals surface area contributed by atoms with Crippen LogP contribution in [0.15, 0.2) is 0 Å². The van der Waals surface area contributed by atoms with Gasteiger partial charge in [-0.1, -0.05) is 0 Å². The predicted molar refractivity (Wildman–Crippen MR) is 66.3 cm³/mol. The number of ether oxygens (including phenoxy) is 2. The number of amides is 2. The van der Waals surface area contributed by atoms with Crippen LogP contribution >= 0.6 is 0 Å². The molecule has 0 aromatic carbocycles. The minimum Gasteiger partial charge on any atom is -0.449 e. The highest BCUT2D eigenvalue weighted by Crippen LogP contribution is 2.02. The van der Waals surface area contributed by atoms with E-state index in [0.717, 1.165) is 0 Å². The van der Waals surface area contributed by atoms with Gasteiger partial charge in [-0.15, -0.1) is 0 Å². The third-order valence-corrected chi connectivity index (χ3v) is 2.39. The maximum atomic E-state index is 11.7. The average Bonchev–Trinajstić information content (AvgIpc) is 2.27. The van der Waals surface area contributed by atoms with Crippen molar-refractivity contribution in [1.29, 1.82) is 0 Å². The third-order valence-electron chi connectivity index (χ3n) is 2.39. The van der Waals surface area contributed by atoms with Gasteiger partial charge >= 0.3 is 6.09 Å². The largest absolute Gasteiger partial charge is 0.449 e. The summed E-state index contributed by atoms with van der Waals surface area (Å²) in [5, 5.41) is 2.67. The first-order chi connectivity index (χ1) is 8.38. The normalized spacial score (nSPS) is 16.3. The van der Waals surface area contributed by atoms with Crippen LogP contribution in [0.2, 0.25) is 0 Å². The van der Waals surface area contributed by atoms with Crippen molar-refractivity contribution >= 4 is 12.0 Å². The highest BCUT2D eigenvalue weighted by molar-refractivity contribution is 5.76. The lowest BCUT2D eigenvalue weighted by molar-refractivity contribution is -0.135. The van der Waals surface area contributed by atoms with E-state index in [1.807, 2.05) is 20.8 Å². The molecule has 1 fully saturated rings. The molecule has 0 bridgehead atoms. The van der Waals surface area contributed by atoms with Crippen LogP contribution in [-0.2, 0) is 14.3 Å². The number of rotatable bonds is 3. The molecule has 6 heteroatoms. The van der Waals surface area contributed by atoms with Gasteiger partial charge in [-0.2, -0.15) is 0 Å². The molecule has 1 rings (SSSR count). The van der Waals surface area contributed by atoms with E-state index < -0.39 is 6.09 Å². The van der Waals surface area contributed by atoms with Gasteiger partial charge in [0.15, 0.2) is 0 Å². The zero-order chi connectivity index (χ0) is 13.6. The van der Waals surface area contributed by atoms with E-state index in [2.05, 4.69) is 5.32 Å². The van der Waals surface area contributed by atoms with Crippen molar-refractivity contribution in [3.05, 3.63) is 0 Å². The molecule has 0 atom stereocenters. The summed E-state index contributed by atoms with van der Waals surface area (Å²) >= 11 is 0. The summed E-state index contributed by atoms with van der Waals surface area (Å²) in [6.45, 7) is 8.11. The summed E-state index contributed by atoms with van der Waals surface area (Å²) < 4.78 is 10.1. The molecule has 0 aromatic rings. The number of hydrogen-bond acceptors (Lipinski definition) is 4. The first-order valence-corrected chi connectivity index (χ1v) is 6.19. The number of alkyl carbamates (subject to hydrolysis) is 1. The van der Waals surface area contributed by atoms with Crippen LogP contribution in [0.5, 0.6) is 0 Å². The van der Waals surface area contributed by atoms with Crippen molar-refractivity contribution in [2.75, 3.05) is 32.9 Å². The third kappa shape index (κ3) is 5.86. The molecule has 0 radical (unpaired) electrons. The van der Waals surface area contributed by atoms with Crippen LogP contribution in [-0.4, -0.2) is 55.3 Å². The van der Waals surface area contributed by atoms with Gasteiger partial charge in [-0.25, -0.2) is 4.79 Å². The maximum Gasteiger partial charge on any atom is 0.407 e. The standard InChI is InChI=1S/C12H22N2O4/c1-12(2,3)13-11(16)18-7-4-10(15)14-5-8-17-9-6-14/h4-9H2,1-3H3,(H,13,16). The fourth-order valence-corrected chi connectivity index (χ4v) is 1.54. The monoisotopic (exact) mass is 258 g/mol. The number of nitrogens with zero attached hydrogens (tertiary/aromatic N) is 1. The van der Waals surface area contributed by atoms with E-state index in [1.165, 1.54) is 0 Å². The Morgan fingerprint density at radius 3 is 2.44 bits per heavy atom. The van der Waals surface area contributed by atoms with E-state index in [4.69, 9.17) is 9.47 Å². The Bertz CT molecular complexity index is 293. The lowest BCUT2D eigenvalue weighted by Gasteiger charge is -2.26. The van der Waals surface area contributed by atoms with Crippen LogP contribution < -0.4 is 5.32 Å². The zero-order valence-corrected chi connectivity index (χ0v) is 11.3. The number of carbonyl (C=O) groups excluding carboxylic acids is 2. The molecule has 1 aliphatic rings. The number of nitrogens with one attached hydrogen (secondary N) is 1. The molecule has 1 saturated heterocycles. The summed E-state index contributed by atoms with van der Waals surface area (Å²) in [6, 6.07) is 0. The molecule has 1 aliphatic heterocycles. The van der Waals surface area contributed by atoms with Crippen molar-refractivity contribution in [2.24, 2.45) is 0 Å². The summed E-state index contributed by atoms with van der Waals surface area (Å²) in [4.78, 5) is 24.8. The fraction of sp³-hybridized carbons (Fsp3) is 0.833. The van der Waals surface area contributed by atoms with Crippen LogP contribution in [0.25, 0.3) is 0 Å². The van der Waals surface area contributed by atoms with Crippen LogP contribution in [0.4, 0.5) is 4.79 Å². The highest BCUT2D eigenvalue weighted by atomic mass is 16.5. The minimum atomic E-state index is -0.489. The molecule has 6 nitrogen and oxygen atoms in total. The molecular weight excluding hydrogens is 236 g/mol. The molecular formula is C12H22N2O4. The van der Waals surface area contributed by atoms with Gasteiger partial charge in [0.25, 0.3) is 0 Å². The molecule has 0 spiro atoms. The molecule has 1 N–H and O–H groups in total. The Labute approximate surface area is 108 Å². The Kier molecular flexibility index (Phi) is 5.40. The van der Waals surface area contributed by atoms with Crippen molar-refractivity contribution in [1.82, 2.24) is 10.2 Å². The number of morpholine rings is 1. The average molecular weight is 258 g/mol. The van der Waals surface area contributed by atoms with Gasteiger partial charge < -0.3 is 19.7 Å². The maximum absolute atomic E-state index is 11.7. The van der Waals surface area contributed by atoms with Gasteiger partial charge in [0.05, 0.1) is 19.6 Å². The smallest absolute Gasteiger partial charge is 0.407 e. The molecule has 0 aromatic heterocycles. The van der Waals surface area contributed by atoms with Crippen molar-refractivity contribution in [3.8, 4) is 0 Å². The second kappa shape index (κ2) is 6.58. The summed E-state index contributed by atoms with van der Waals surface area (Å²) in [6.07, 6.45) is -0.269. The second-order valence-corrected chi connectivity index (χ2v) is 5.25. The summed E-state index contributed by atoms with van der Waals surface area (Å²) in [5.41, 5.74) is -0.328. The molecule has 0 unspecified atom stereocenters. The lowest BCUT2D eigenvalue weighted by Crippen LogP contribution is -2.42. The molecule has 0 saturated carbocycles. The molecule has 1 heterocycles. The summed E-state index contributed by atoms with van der Waals surface area (Å²) in [5.74, 6) is 0.00172. The topological polar surface area (TPSA) is 67.9 Å². The Hall–Kier alpha value is -1.30. The zero-order valence-electron chi connectivity index (χ0n) is 11.3. The summed E-state index contributed by atoms with van der Waals surface area (Å²) in [7, 11) is 0. The van der Waals surface area contributed by atoms with Crippen molar-refractivity contribution in [3.63, 3.8) is 0 Å². The van der Waals surface area contributed by atoms with Gasteiger partial charge in [-0.3, -0.25) is 4.79 Å². The van der Waals surface area contributed by atoms with Gasteiger partial charge in [0.2, 0.25) is 5.91 Å². The van der Waals surface area contributed by atoms with Crippen LogP contribution in [0.1, 0.15) is 27.2 Å². The van der Waals surface area contributed by atoms with Crippen molar-refractivity contribution < 1.29 is 19.1 Å². The number of carbonyl (C=O) groups is 2. The highest BCUT2D eigenvalue weighted by Gasteiger charge is 2.18. The second-order valence-electron chi connectivity index (χ2n) is 5.25. The van der Waals surface area contributed by atoms with Crippen LogP contribution in [0.3, 0.4) is 0 Å². The first-order valence-electron chi connectivity index (χ1n) is 6.19. The van der Waals surface area contributed by atoms with E-state index in [-0.39, 0.29) is 24.5 Å². The Morgan fingerprint density at radius 1 is 1.28 bits per heavy atom. The fourth-order valence-electron chi connectivity index (χ4n) is 1.54. The van der Waals surface area contributed by atoms with E-state index in [0.29, 0.717) is 26.3 Å². The lowest BCUT2D eigenvalue weighted by atomic mass is 10.1. The van der Waals surface area contributed by atoms with Crippen LogP contribution in [0, 0.1) is 0 Å². The quantitative estimate of drug-likeness (QED) is 0.811. The van der Waals surface area contributed by atoms with E-state index >= 15 is 0 Å². The van der Waals surface area contributed by atoms with Gasteiger partial charge in [-0.05, 0) is 20.8 Å². The first kappa shape index (κ1) is 14.8. The molecule has 104 valence electrons. The van der Waals surface area contributed by atoms with E-state index in [1.54, 1.807) is 4.90 Å². The molecule has 2 amide bonds. The van der Waals surface area contributed by atoms with Gasteiger partial charge in [0.1, 0.15) is 6.61 Å². The molecule has 18 heavy (non-hydrogen) atoms. The Balaban J connectivity index is 2.17.